The van der Waals surface area contributed by atoms with Gasteiger partial charge in [-0.2, -0.15) is 0 Å². The predicted molar refractivity (Wildman–Crippen MR) is 77.6 cm³/mol. The van der Waals surface area contributed by atoms with E-state index in [0.29, 0.717) is 11.3 Å². The minimum absolute atomic E-state index is 0.108. The molecule has 7 heteroatoms. The molecule has 0 bridgehead atoms. The Labute approximate surface area is 127 Å². The minimum Gasteiger partial charge on any atom is -0.478 e. The van der Waals surface area contributed by atoms with Gasteiger partial charge in [0.15, 0.2) is 0 Å². The molecule has 0 aliphatic heterocycles. The number of benzene rings is 1. The molecule has 0 spiro atoms. The maximum absolute atomic E-state index is 11.2. The number of halogens is 1. The lowest BCUT2D eigenvalue weighted by molar-refractivity contribution is 0.0697. The van der Waals surface area contributed by atoms with E-state index in [2.05, 4.69) is 31.1 Å². The Kier molecular flexibility index (Phi) is 3.49. The zero-order valence-corrected chi connectivity index (χ0v) is 12.1. The molecule has 0 fully saturated rings. The summed E-state index contributed by atoms with van der Waals surface area (Å²) in [6.45, 7) is 0. The summed E-state index contributed by atoms with van der Waals surface area (Å²) in [4.78, 5) is 15.4. The Hall–Kier alpha value is -2.54. The second-order valence-electron chi connectivity index (χ2n) is 4.12. The lowest BCUT2D eigenvalue weighted by Gasteiger charge is -2.00. The molecule has 0 aliphatic carbocycles. The topological polar surface area (TPSA) is 89.1 Å². The number of carboxylic acid groups (broad SMARTS) is 1. The smallest absolute Gasteiger partial charge is 0.336 e. The molecule has 1 N–H and O–H groups in total. The third-order valence-corrected chi connectivity index (χ3v) is 3.23. The average Bonchev–Trinajstić information content (AvgIpc) is 2.97. The van der Waals surface area contributed by atoms with Gasteiger partial charge in [-0.1, -0.05) is 12.1 Å². The fourth-order valence-corrected chi connectivity index (χ4v) is 2.03. The van der Waals surface area contributed by atoms with Gasteiger partial charge in [-0.3, -0.25) is 0 Å². The highest BCUT2D eigenvalue weighted by atomic mass is 79.9. The van der Waals surface area contributed by atoms with Gasteiger partial charge in [0.25, 0.3) is 5.89 Å². The lowest BCUT2D eigenvalue weighted by atomic mass is 10.1. The average molecular weight is 346 g/mol. The molecule has 2 aromatic heterocycles. The Morgan fingerprint density at radius 1 is 1.10 bits per heavy atom. The molecule has 0 radical (unpaired) electrons. The summed E-state index contributed by atoms with van der Waals surface area (Å²) >= 11 is 3.29. The molecule has 104 valence electrons. The number of aromatic carboxylic acids is 1. The summed E-state index contributed by atoms with van der Waals surface area (Å²) < 4.78 is 6.36. The van der Waals surface area contributed by atoms with Crippen molar-refractivity contribution in [1.29, 1.82) is 0 Å². The maximum atomic E-state index is 11.2. The zero-order valence-electron chi connectivity index (χ0n) is 10.5. The van der Waals surface area contributed by atoms with E-state index in [1.165, 1.54) is 6.07 Å². The number of nitrogens with zero attached hydrogens (tertiary/aromatic N) is 3. The van der Waals surface area contributed by atoms with Crippen molar-refractivity contribution in [2.45, 2.75) is 0 Å². The molecule has 6 nitrogen and oxygen atoms in total. The van der Waals surface area contributed by atoms with E-state index in [9.17, 15) is 9.90 Å². The SMILES string of the molecule is O=C(O)c1ccccc1-c1nnc(-c2ccc(Br)cn2)o1. The summed E-state index contributed by atoms with van der Waals surface area (Å²) in [5.74, 6) is -0.669. The van der Waals surface area contributed by atoms with E-state index in [4.69, 9.17) is 4.42 Å². The van der Waals surface area contributed by atoms with Gasteiger partial charge in [-0.05, 0) is 40.2 Å². The van der Waals surface area contributed by atoms with Gasteiger partial charge in [-0.15, -0.1) is 10.2 Å². The van der Waals surface area contributed by atoms with Gasteiger partial charge >= 0.3 is 5.97 Å². The molecule has 3 aromatic rings. The molecule has 0 aliphatic rings. The molecule has 3 rings (SSSR count). The van der Waals surface area contributed by atoms with Crippen LogP contribution in [0.3, 0.4) is 0 Å². The summed E-state index contributed by atoms with van der Waals surface area (Å²) in [7, 11) is 0. The van der Waals surface area contributed by atoms with Crippen LogP contribution in [-0.2, 0) is 0 Å². The zero-order chi connectivity index (χ0) is 14.8. The van der Waals surface area contributed by atoms with Crippen molar-refractivity contribution in [3.05, 3.63) is 52.6 Å². The van der Waals surface area contributed by atoms with E-state index < -0.39 is 5.97 Å². The Bertz CT molecular complexity index is 799. The molecule has 1 aromatic carbocycles. The first-order chi connectivity index (χ1) is 10.1. The summed E-state index contributed by atoms with van der Waals surface area (Å²) in [5.41, 5.74) is 1.00. The first-order valence-electron chi connectivity index (χ1n) is 5.93. The molecule has 0 amide bonds. The Morgan fingerprint density at radius 2 is 1.86 bits per heavy atom. The van der Waals surface area contributed by atoms with Crippen LogP contribution in [0.1, 0.15) is 10.4 Å². The van der Waals surface area contributed by atoms with Crippen LogP contribution < -0.4 is 0 Å². The molecule has 2 heterocycles. The van der Waals surface area contributed by atoms with Crippen LogP contribution in [-0.4, -0.2) is 26.3 Å². The second kappa shape index (κ2) is 5.45. The molecular weight excluding hydrogens is 338 g/mol. The predicted octanol–water partition coefficient (Wildman–Crippen LogP) is 3.26. The third-order valence-electron chi connectivity index (χ3n) is 2.76. The highest BCUT2D eigenvalue weighted by Gasteiger charge is 2.17. The van der Waals surface area contributed by atoms with Gasteiger partial charge in [0.2, 0.25) is 5.89 Å². The van der Waals surface area contributed by atoms with E-state index in [1.54, 1.807) is 36.5 Å². The number of rotatable bonds is 3. The molecule has 21 heavy (non-hydrogen) atoms. The van der Waals surface area contributed by atoms with Crippen molar-refractivity contribution >= 4 is 21.9 Å². The third kappa shape index (κ3) is 2.68. The van der Waals surface area contributed by atoms with Crippen LogP contribution in [0, 0.1) is 0 Å². The second-order valence-corrected chi connectivity index (χ2v) is 5.04. The Morgan fingerprint density at radius 3 is 2.57 bits per heavy atom. The normalized spacial score (nSPS) is 10.5. The van der Waals surface area contributed by atoms with Crippen molar-refractivity contribution in [2.24, 2.45) is 0 Å². The monoisotopic (exact) mass is 345 g/mol. The quantitative estimate of drug-likeness (QED) is 0.783. The van der Waals surface area contributed by atoms with Crippen LogP contribution in [0.5, 0.6) is 0 Å². The Balaban J connectivity index is 2.03. The number of aromatic nitrogens is 3. The fraction of sp³-hybridized carbons (Fsp3) is 0. The van der Waals surface area contributed by atoms with E-state index >= 15 is 0 Å². The molecular formula is C14H8BrN3O3. The number of pyridine rings is 1. The first-order valence-corrected chi connectivity index (χ1v) is 6.72. The largest absolute Gasteiger partial charge is 0.478 e. The number of carbonyl (C=O) groups is 1. The summed E-state index contributed by atoms with van der Waals surface area (Å²) in [5, 5.41) is 17.0. The molecule has 0 saturated carbocycles. The number of carboxylic acids is 1. The van der Waals surface area contributed by atoms with E-state index in [1.807, 2.05) is 0 Å². The van der Waals surface area contributed by atoms with Crippen LogP contribution in [0.15, 0.2) is 51.5 Å². The van der Waals surface area contributed by atoms with Crippen molar-refractivity contribution in [3.8, 4) is 23.0 Å². The van der Waals surface area contributed by atoms with Gasteiger partial charge in [-0.25, -0.2) is 9.78 Å². The summed E-state index contributed by atoms with van der Waals surface area (Å²) in [6, 6.07) is 9.99. The van der Waals surface area contributed by atoms with Crippen molar-refractivity contribution in [2.75, 3.05) is 0 Å². The van der Waals surface area contributed by atoms with Crippen LogP contribution in [0.2, 0.25) is 0 Å². The molecule has 0 unspecified atom stereocenters. The standard InChI is InChI=1S/C14H8BrN3O3/c15-8-5-6-11(16-7-8)13-18-17-12(21-13)9-3-1-2-4-10(9)14(19)20/h1-7H,(H,19,20). The first kappa shape index (κ1) is 13.4. The highest BCUT2D eigenvalue weighted by Crippen LogP contribution is 2.26. The molecule has 0 saturated heterocycles. The highest BCUT2D eigenvalue weighted by molar-refractivity contribution is 9.10. The van der Waals surface area contributed by atoms with Crippen LogP contribution >= 0.6 is 15.9 Å². The number of hydrogen-bond acceptors (Lipinski definition) is 5. The van der Waals surface area contributed by atoms with Crippen molar-refractivity contribution in [1.82, 2.24) is 15.2 Å². The van der Waals surface area contributed by atoms with Gasteiger partial charge in [0.05, 0.1) is 11.1 Å². The molecule has 0 atom stereocenters. The van der Waals surface area contributed by atoms with E-state index in [0.717, 1.165) is 4.47 Å². The van der Waals surface area contributed by atoms with Gasteiger partial charge < -0.3 is 9.52 Å². The van der Waals surface area contributed by atoms with Crippen LogP contribution in [0.25, 0.3) is 23.0 Å². The van der Waals surface area contributed by atoms with Crippen LogP contribution in [0.4, 0.5) is 0 Å². The van der Waals surface area contributed by atoms with Gasteiger partial charge in [0.1, 0.15) is 5.69 Å². The van der Waals surface area contributed by atoms with Gasteiger partial charge in [0, 0.05) is 10.7 Å². The number of hydrogen-bond donors (Lipinski definition) is 1. The minimum atomic E-state index is -1.05. The van der Waals surface area contributed by atoms with Crippen molar-refractivity contribution < 1.29 is 14.3 Å². The maximum Gasteiger partial charge on any atom is 0.336 e. The van der Waals surface area contributed by atoms with Crippen molar-refractivity contribution in [3.63, 3.8) is 0 Å². The summed E-state index contributed by atoms with van der Waals surface area (Å²) in [6.07, 6.45) is 1.62. The van der Waals surface area contributed by atoms with E-state index in [-0.39, 0.29) is 17.3 Å². The lowest BCUT2D eigenvalue weighted by Crippen LogP contribution is -1.98. The fourth-order valence-electron chi connectivity index (χ4n) is 1.79.